The highest BCUT2D eigenvalue weighted by atomic mass is 16.4. The van der Waals surface area contributed by atoms with Gasteiger partial charge < -0.3 is 15.3 Å². The number of carboxylic acids is 1. The maximum atomic E-state index is 12.4. The number of carboxylic acid groups (broad SMARTS) is 1. The van der Waals surface area contributed by atoms with Gasteiger partial charge in [0.25, 0.3) is 5.91 Å². The summed E-state index contributed by atoms with van der Waals surface area (Å²) in [7, 11) is 2.14. The first-order valence-corrected chi connectivity index (χ1v) is 9.07. The number of likely N-dealkylation sites (N-methyl/N-ethyl adjacent to an activating group) is 1. The third-order valence-electron chi connectivity index (χ3n) is 4.94. The van der Waals surface area contributed by atoms with Crippen molar-refractivity contribution < 1.29 is 14.7 Å². The summed E-state index contributed by atoms with van der Waals surface area (Å²) in [5.74, 6) is -1.25. The molecule has 1 fully saturated rings. The van der Waals surface area contributed by atoms with Gasteiger partial charge in [-0.15, -0.1) is 0 Å². The first kappa shape index (κ1) is 19.1. The van der Waals surface area contributed by atoms with Crippen LogP contribution in [0, 0.1) is 6.92 Å². The van der Waals surface area contributed by atoms with E-state index in [2.05, 4.69) is 22.2 Å². The smallest absolute Gasteiger partial charge is 0.336 e. The zero-order valence-electron chi connectivity index (χ0n) is 15.7. The van der Waals surface area contributed by atoms with Crippen LogP contribution in [0.1, 0.15) is 31.8 Å². The van der Waals surface area contributed by atoms with Crippen LogP contribution in [0.5, 0.6) is 0 Å². The van der Waals surface area contributed by atoms with Crippen LogP contribution in [0.2, 0.25) is 0 Å². The lowest BCUT2D eigenvalue weighted by molar-refractivity contribution is 0.0695. The number of aryl methyl sites for hydroxylation is 1. The summed E-state index contributed by atoms with van der Waals surface area (Å²) in [6, 6.07) is 12.5. The fraction of sp³-hybridized carbons (Fsp3) is 0.333. The fourth-order valence-electron chi connectivity index (χ4n) is 3.16. The Morgan fingerprint density at radius 2 is 1.70 bits per heavy atom. The summed E-state index contributed by atoms with van der Waals surface area (Å²) in [5, 5.41) is 12.0. The lowest BCUT2D eigenvalue weighted by Gasteiger charge is -2.32. The van der Waals surface area contributed by atoms with E-state index < -0.39 is 5.97 Å². The summed E-state index contributed by atoms with van der Waals surface area (Å²) in [6.07, 6.45) is 0. The number of carbonyl (C=O) groups excluding carboxylic acids is 1. The average Bonchev–Trinajstić information content (AvgIpc) is 2.65. The number of nitrogens with one attached hydrogen (secondary N) is 1. The minimum Gasteiger partial charge on any atom is -0.478 e. The largest absolute Gasteiger partial charge is 0.478 e. The number of aromatic carboxylic acids is 1. The van der Waals surface area contributed by atoms with E-state index in [0.717, 1.165) is 32.7 Å². The maximum Gasteiger partial charge on any atom is 0.336 e. The van der Waals surface area contributed by atoms with E-state index in [0.29, 0.717) is 16.8 Å². The molecule has 1 aliphatic rings. The molecule has 1 aliphatic heterocycles. The van der Waals surface area contributed by atoms with Crippen molar-refractivity contribution in [2.45, 2.75) is 13.5 Å². The van der Waals surface area contributed by atoms with Crippen LogP contribution in [-0.2, 0) is 6.54 Å². The molecule has 0 unspecified atom stereocenters. The molecule has 0 atom stereocenters. The molecule has 1 saturated heterocycles. The number of nitrogens with zero attached hydrogens (tertiary/aromatic N) is 2. The molecule has 1 heterocycles. The highest BCUT2D eigenvalue weighted by Crippen LogP contribution is 2.17. The molecule has 2 aromatic carbocycles. The molecule has 142 valence electrons. The van der Waals surface area contributed by atoms with Crippen molar-refractivity contribution in [3.63, 3.8) is 0 Å². The van der Waals surface area contributed by atoms with Gasteiger partial charge >= 0.3 is 5.97 Å². The first-order valence-electron chi connectivity index (χ1n) is 9.07. The van der Waals surface area contributed by atoms with E-state index in [4.69, 9.17) is 0 Å². The van der Waals surface area contributed by atoms with Crippen molar-refractivity contribution in [1.82, 2.24) is 9.80 Å². The van der Waals surface area contributed by atoms with Crippen molar-refractivity contribution >= 4 is 17.6 Å². The molecule has 1 amide bonds. The molecule has 0 saturated carbocycles. The number of hydrogen-bond donors (Lipinski definition) is 2. The monoisotopic (exact) mass is 367 g/mol. The fourth-order valence-corrected chi connectivity index (χ4v) is 3.16. The Balaban J connectivity index is 1.62. The van der Waals surface area contributed by atoms with Gasteiger partial charge in [-0.3, -0.25) is 9.69 Å². The molecule has 0 radical (unpaired) electrons. The lowest BCUT2D eigenvalue weighted by Crippen LogP contribution is -2.43. The van der Waals surface area contributed by atoms with Crippen LogP contribution < -0.4 is 5.32 Å². The molecule has 0 bridgehead atoms. The van der Waals surface area contributed by atoms with Gasteiger partial charge in [-0.1, -0.05) is 18.2 Å². The SMILES string of the molecule is Cc1ccc(NC(=O)c2ccc(CN3CCN(C)CC3)cc2)cc1C(=O)O. The third kappa shape index (κ3) is 4.93. The van der Waals surface area contributed by atoms with Crippen LogP contribution in [0.4, 0.5) is 5.69 Å². The number of anilines is 1. The molecule has 3 rings (SSSR count). The molecule has 0 aromatic heterocycles. The Bertz CT molecular complexity index is 825. The van der Waals surface area contributed by atoms with E-state index >= 15 is 0 Å². The van der Waals surface area contributed by atoms with Crippen LogP contribution >= 0.6 is 0 Å². The lowest BCUT2D eigenvalue weighted by atomic mass is 10.1. The minimum atomic E-state index is -1.00. The van der Waals surface area contributed by atoms with E-state index in [1.54, 1.807) is 19.1 Å². The van der Waals surface area contributed by atoms with Crippen molar-refractivity contribution in [2.75, 3.05) is 38.5 Å². The van der Waals surface area contributed by atoms with E-state index in [1.165, 1.54) is 11.6 Å². The number of benzene rings is 2. The minimum absolute atomic E-state index is 0.190. The van der Waals surface area contributed by atoms with Gasteiger partial charge in [-0.05, 0) is 49.4 Å². The number of rotatable bonds is 5. The topological polar surface area (TPSA) is 72.9 Å². The Hall–Kier alpha value is -2.70. The summed E-state index contributed by atoms with van der Waals surface area (Å²) in [5.41, 5.74) is 3.06. The molecule has 6 nitrogen and oxygen atoms in total. The first-order chi connectivity index (χ1) is 12.9. The van der Waals surface area contributed by atoms with Gasteiger partial charge in [0.1, 0.15) is 0 Å². The summed E-state index contributed by atoms with van der Waals surface area (Å²) in [4.78, 5) is 28.4. The second-order valence-corrected chi connectivity index (χ2v) is 7.07. The van der Waals surface area contributed by atoms with Crippen molar-refractivity contribution in [3.8, 4) is 0 Å². The Morgan fingerprint density at radius 3 is 2.33 bits per heavy atom. The molecule has 0 aliphatic carbocycles. The van der Waals surface area contributed by atoms with E-state index in [9.17, 15) is 14.7 Å². The predicted octanol–water partition coefficient (Wildman–Crippen LogP) is 2.69. The Labute approximate surface area is 159 Å². The number of piperazine rings is 1. The van der Waals surface area contributed by atoms with E-state index in [1.807, 2.05) is 24.3 Å². The maximum absolute atomic E-state index is 12.4. The summed E-state index contributed by atoms with van der Waals surface area (Å²) < 4.78 is 0. The van der Waals surface area contributed by atoms with Crippen molar-refractivity contribution in [2.24, 2.45) is 0 Å². The number of amides is 1. The van der Waals surface area contributed by atoms with Gasteiger partial charge in [0.2, 0.25) is 0 Å². The summed E-state index contributed by atoms with van der Waals surface area (Å²) in [6.45, 7) is 6.88. The van der Waals surface area contributed by atoms with Crippen LogP contribution in [0.3, 0.4) is 0 Å². The second-order valence-electron chi connectivity index (χ2n) is 7.07. The molecule has 2 aromatic rings. The Kier molecular flexibility index (Phi) is 5.88. The summed E-state index contributed by atoms with van der Waals surface area (Å²) >= 11 is 0. The average molecular weight is 367 g/mol. The molecule has 6 heteroatoms. The Morgan fingerprint density at radius 1 is 1.04 bits per heavy atom. The standard InChI is InChI=1S/C21H25N3O3/c1-15-3-8-18(13-19(15)21(26)27)22-20(25)17-6-4-16(5-7-17)14-24-11-9-23(2)10-12-24/h3-8,13H,9-12,14H2,1-2H3,(H,22,25)(H,26,27). The predicted molar refractivity (Wildman–Crippen MR) is 105 cm³/mol. The zero-order valence-corrected chi connectivity index (χ0v) is 15.7. The molecule has 27 heavy (non-hydrogen) atoms. The van der Waals surface area contributed by atoms with Gasteiger partial charge in [-0.2, -0.15) is 0 Å². The molecule has 0 spiro atoms. The van der Waals surface area contributed by atoms with Crippen molar-refractivity contribution in [1.29, 1.82) is 0 Å². The quantitative estimate of drug-likeness (QED) is 0.850. The zero-order chi connectivity index (χ0) is 19.4. The van der Waals surface area contributed by atoms with Crippen LogP contribution in [0.15, 0.2) is 42.5 Å². The van der Waals surface area contributed by atoms with E-state index in [-0.39, 0.29) is 11.5 Å². The molecule has 2 N–H and O–H groups in total. The van der Waals surface area contributed by atoms with Gasteiger partial charge in [0.15, 0.2) is 0 Å². The van der Waals surface area contributed by atoms with Crippen molar-refractivity contribution in [3.05, 3.63) is 64.7 Å². The highest BCUT2D eigenvalue weighted by molar-refractivity contribution is 6.04. The number of hydrogen-bond acceptors (Lipinski definition) is 4. The van der Waals surface area contributed by atoms with Crippen LogP contribution in [-0.4, -0.2) is 60.0 Å². The normalized spacial score (nSPS) is 15.5. The van der Waals surface area contributed by atoms with Gasteiger partial charge in [0.05, 0.1) is 5.56 Å². The highest BCUT2D eigenvalue weighted by Gasteiger charge is 2.14. The van der Waals surface area contributed by atoms with Gasteiger partial charge in [0, 0.05) is 44.0 Å². The van der Waals surface area contributed by atoms with Gasteiger partial charge in [-0.25, -0.2) is 4.79 Å². The number of carbonyl (C=O) groups is 2. The molecular formula is C21H25N3O3. The third-order valence-corrected chi connectivity index (χ3v) is 4.94. The molecular weight excluding hydrogens is 342 g/mol. The van der Waals surface area contributed by atoms with Crippen LogP contribution in [0.25, 0.3) is 0 Å². The second kappa shape index (κ2) is 8.33.